The smallest absolute Gasteiger partial charge is 0.147 e. The van der Waals surface area contributed by atoms with E-state index in [0.29, 0.717) is 0 Å². The second-order valence-electron chi connectivity index (χ2n) is 4.07. The summed E-state index contributed by atoms with van der Waals surface area (Å²) in [6.45, 7) is 2.89. The second kappa shape index (κ2) is 4.73. The highest BCUT2D eigenvalue weighted by Gasteiger charge is 2.07. The Morgan fingerprint density at radius 3 is 3.17 bits per heavy atom. The van der Waals surface area contributed by atoms with Gasteiger partial charge in [0.1, 0.15) is 12.1 Å². The summed E-state index contributed by atoms with van der Waals surface area (Å²) in [6, 6.07) is 0. The average Bonchev–Trinajstić information content (AvgIpc) is 3.01. The molecule has 3 heterocycles. The third kappa shape index (κ3) is 2.06. The monoisotopic (exact) mass is 259 g/mol. The highest BCUT2D eigenvalue weighted by atomic mass is 32.1. The zero-order valence-corrected chi connectivity index (χ0v) is 10.8. The molecule has 3 aromatic heterocycles. The molecule has 92 valence electrons. The summed E-state index contributed by atoms with van der Waals surface area (Å²) in [5.74, 6) is 0.914. The predicted molar refractivity (Wildman–Crippen MR) is 72.9 cm³/mol. The van der Waals surface area contributed by atoms with Crippen LogP contribution in [0.5, 0.6) is 0 Å². The Morgan fingerprint density at radius 2 is 2.33 bits per heavy atom. The Kier molecular flexibility index (Phi) is 2.93. The molecule has 3 aromatic rings. The first-order valence-electron chi connectivity index (χ1n) is 5.74. The molecule has 0 aliphatic heterocycles. The Bertz CT molecular complexity index is 644. The predicted octanol–water partition coefficient (Wildman–Crippen LogP) is 2.38. The topological polar surface area (TPSA) is 66.5 Å². The van der Waals surface area contributed by atoms with Gasteiger partial charge in [0, 0.05) is 24.9 Å². The van der Waals surface area contributed by atoms with Crippen LogP contribution >= 0.6 is 11.3 Å². The molecule has 0 aromatic carbocycles. The SMILES string of the molecule is Cc1csc2c(NCCc3cnc[nH]3)ncnc12. The number of nitrogens with one attached hydrogen (secondary N) is 2. The molecule has 0 fully saturated rings. The quantitative estimate of drug-likeness (QED) is 0.755. The molecular weight excluding hydrogens is 246 g/mol. The van der Waals surface area contributed by atoms with Gasteiger partial charge >= 0.3 is 0 Å². The molecule has 0 saturated heterocycles. The van der Waals surface area contributed by atoms with E-state index in [2.05, 4.69) is 37.6 Å². The fourth-order valence-corrected chi connectivity index (χ4v) is 2.80. The van der Waals surface area contributed by atoms with Crippen LogP contribution in [0.15, 0.2) is 24.2 Å². The number of imidazole rings is 1. The van der Waals surface area contributed by atoms with E-state index >= 15 is 0 Å². The lowest BCUT2D eigenvalue weighted by atomic mass is 10.3. The van der Waals surface area contributed by atoms with Crippen LogP contribution in [0, 0.1) is 6.92 Å². The van der Waals surface area contributed by atoms with Gasteiger partial charge in [-0.05, 0) is 17.9 Å². The van der Waals surface area contributed by atoms with Crippen LogP contribution in [0.3, 0.4) is 0 Å². The molecule has 2 N–H and O–H groups in total. The van der Waals surface area contributed by atoms with E-state index in [1.807, 2.05) is 6.20 Å². The van der Waals surface area contributed by atoms with Crippen LogP contribution in [0.2, 0.25) is 0 Å². The first-order chi connectivity index (χ1) is 8.84. The van der Waals surface area contributed by atoms with Crippen LogP contribution in [-0.2, 0) is 6.42 Å². The van der Waals surface area contributed by atoms with Crippen LogP contribution in [0.25, 0.3) is 10.2 Å². The summed E-state index contributed by atoms with van der Waals surface area (Å²) in [5, 5.41) is 5.46. The lowest BCUT2D eigenvalue weighted by Gasteiger charge is -2.05. The number of fused-ring (bicyclic) bond motifs is 1. The van der Waals surface area contributed by atoms with E-state index in [-0.39, 0.29) is 0 Å². The van der Waals surface area contributed by atoms with E-state index in [0.717, 1.165) is 34.7 Å². The first-order valence-corrected chi connectivity index (χ1v) is 6.62. The lowest BCUT2D eigenvalue weighted by molar-refractivity contribution is 0.969. The van der Waals surface area contributed by atoms with Gasteiger partial charge in [-0.25, -0.2) is 15.0 Å². The standard InChI is InChI=1S/C12H13N5S/c1-8-5-18-11-10(8)16-7-17-12(11)14-3-2-9-4-13-6-15-9/h4-7H,2-3H2,1H3,(H,13,15)(H,14,16,17). The number of aromatic nitrogens is 4. The van der Waals surface area contributed by atoms with Crippen molar-refractivity contribution in [3.8, 4) is 0 Å². The van der Waals surface area contributed by atoms with Crippen molar-refractivity contribution in [1.29, 1.82) is 0 Å². The minimum absolute atomic E-state index is 0.825. The minimum Gasteiger partial charge on any atom is -0.368 e. The van der Waals surface area contributed by atoms with Gasteiger partial charge in [-0.1, -0.05) is 0 Å². The van der Waals surface area contributed by atoms with Gasteiger partial charge in [-0.3, -0.25) is 0 Å². The van der Waals surface area contributed by atoms with Gasteiger partial charge in [0.05, 0.1) is 16.5 Å². The van der Waals surface area contributed by atoms with Crippen molar-refractivity contribution >= 4 is 27.4 Å². The Morgan fingerprint density at radius 1 is 1.39 bits per heavy atom. The number of thiophene rings is 1. The fourth-order valence-electron chi connectivity index (χ4n) is 1.83. The average molecular weight is 259 g/mol. The van der Waals surface area contributed by atoms with Crippen LogP contribution in [0.1, 0.15) is 11.3 Å². The lowest BCUT2D eigenvalue weighted by Crippen LogP contribution is -2.06. The molecule has 0 unspecified atom stereocenters. The molecule has 0 spiro atoms. The summed E-state index contributed by atoms with van der Waals surface area (Å²) in [5.41, 5.74) is 3.36. The largest absolute Gasteiger partial charge is 0.368 e. The summed E-state index contributed by atoms with van der Waals surface area (Å²) in [6.07, 6.45) is 6.05. The molecule has 0 amide bonds. The van der Waals surface area contributed by atoms with E-state index in [1.165, 1.54) is 5.56 Å². The third-order valence-corrected chi connectivity index (χ3v) is 3.87. The first kappa shape index (κ1) is 11.2. The van der Waals surface area contributed by atoms with Crippen molar-refractivity contribution < 1.29 is 0 Å². The van der Waals surface area contributed by atoms with E-state index in [9.17, 15) is 0 Å². The molecule has 3 rings (SSSR count). The van der Waals surface area contributed by atoms with E-state index in [4.69, 9.17) is 0 Å². The molecule has 0 radical (unpaired) electrons. The molecule has 0 saturated carbocycles. The molecule has 5 nitrogen and oxygen atoms in total. The molecule has 0 aliphatic rings. The van der Waals surface area contributed by atoms with E-state index in [1.54, 1.807) is 24.0 Å². The highest BCUT2D eigenvalue weighted by Crippen LogP contribution is 2.28. The second-order valence-corrected chi connectivity index (χ2v) is 4.95. The molecular formula is C12H13N5S. The van der Waals surface area contributed by atoms with Crippen LogP contribution in [-0.4, -0.2) is 26.5 Å². The number of hydrogen-bond acceptors (Lipinski definition) is 5. The molecule has 0 aliphatic carbocycles. The molecule has 0 atom stereocenters. The number of rotatable bonds is 4. The highest BCUT2D eigenvalue weighted by molar-refractivity contribution is 7.18. The van der Waals surface area contributed by atoms with Gasteiger partial charge < -0.3 is 10.3 Å². The van der Waals surface area contributed by atoms with Crippen molar-refractivity contribution in [1.82, 2.24) is 19.9 Å². The zero-order chi connectivity index (χ0) is 12.4. The Balaban J connectivity index is 1.74. The van der Waals surface area contributed by atoms with Crippen molar-refractivity contribution in [3.63, 3.8) is 0 Å². The normalized spacial score (nSPS) is 10.9. The van der Waals surface area contributed by atoms with E-state index < -0.39 is 0 Å². The number of nitrogens with zero attached hydrogens (tertiary/aromatic N) is 3. The van der Waals surface area contributed by atoms with Gasteiger partial charge in [0.15, 0.2) is 0 Å². The fraction of sp³-hybridized carbons (Fsp3) is 0.250. The minimum atomic E-state index is 0.825. The summed E-state index contributed by atoms with van der Waals surface area (Å²) in [4.78, 5) is 15.7. The maximum atomic E-state index is 4.30. The van der Waals surface area contributed by atoms with Gasteiger partial charge in [0.25, 0.3) is 0 Å². The van der Waals surface area contributed by atoms with Crippen molar-refractivity contribution in [2.75, 3.05) is 11.9 Å². The number of aromatic amines is 1. The number of hydrogen-bond donors (Lipinski definition) is 2. The van der Waals surface area contributed by atoms with Gasteiger partial charge in [-0.15, -0.1) is 11.3 Å². The third-order valence-electron chi connectivity index (χ3n) is 2.77. The van der Waals surface area contributed by atoms with Crippen molar-refractivity contribution in [3.05, 3.63) is 35.5 Å². The van der Waals surface area contributed by atoms with Crippen molar-refractivity contribution in [2.45, 2.75) is 13.3 Å². The number of anilines is 1. The van der Waals surface area contributed by atoms with Gasteiger partial charge in [0.2, 0.25) is 0 Å². The maximum absolute atomic E-state index is 4.30. The molecule has 0 bridgehead atoms. The van der Waals surface area contributed by atoms with Crippen LogP contribution in [0.4, 0.5) is 5.82 Å². The Hall–Kier alpha value is -1.95. The summed E-state index contributed by atoms with van der Waals surface area (Å²) < 4.78 is 1.12. The number of aryl methyl sites for hydroxylation is 1. The Labute approximate surface area is 108 Å². The van der Waals surface area contributed by atoms with Crippen molar-refractivity contribution in [2.24, 2.45) is 0 Å². The zero-order valence-electron chi connectivity index (χ0n) is 9.97. The van der Waals surface area contributed by atoms with Crippen LogP contribution < -0.4 is 5.32 Å². The molecule has 6 heteroatoms. The molecule has 18 heavy (non-hydrogen) atoms. The summed E-state index contributed by atoms with van der Waals surface area (Å²) >= 11 is 1.68. The number of H-pyrrole nitrogens is 1. The van der Waals surface area contributed by atoms with Gasteiger partial charge in [-0.2, -0.15) is 0 Å². The maximum Gasteiger partial charge on any atom is 0.147 e. The summed E-state index contributed by atoms with van der Waals surface area (Å²) in [7, 11) is 0.